The molecule has 0 bridgehead atoms. The highest BCUT2D eigenvalue weighted by Crippen LogP contribution is 2.43. The summed E-state index contributed by atoms with van der Waals surface area (Å²) in [5.74, 6) is -1.38. The normalized spacial score (nSPS) is 13.7. The number of benzene rings is 2. The van der Waals surface area contributed by atoms with Crippen LogP contribution in [-0.2, 0) is 24.1 Å². The Morgan fingerprint density at radius 1 is 1.03 bits per heavy atom. The van der Waals surface area contributed by atoms with Gasteiger partial charge in [-0.3, -0.25) is 0 Å². The summed E-state index contributed by atoms with van der Waals surface area (Å²) >= 11 is 0. The van der Waals surface area contributed by atoms with Gasteiger partial charge in [0, 0.05) is 10.9 Å². The summed E-state index contributed by atoms with van der Waals surface area (Å²) in [6.45, 7) is 10.8. The van der Waals surface area contributed by atoms with Crippen molar-refractivity contribution in [3.8, 4) is 5.75 Å². The molecular formula is C23H31F3O6SSi. The molecular weight excluding hydrogens is 489 g/mol. The molecule has 1 atom stereocenters. The SMILES string of the molecule is CCOC(=O)C(O[Si](CC)(CC)CC)c1c(C)cc2cc(C)ccc2c1OS(=O)(=O)C(F)(F)F. The van der Waals surface area contributed by atoms with Crippen molar-refractivity contribution in [2.75, 3.05) is 6.61 Å². The molecule has 11 heteroatoms. The molecule has 34 heavy (non-hydrogen) atoms. The van der Waals surface area contributed by atoms with Gasteiger partial charge in [0.1, 0.15) is 0 Å². The Bertz CT molecular complexity index is 1140. The zero-order chi connectivity index (χ0) is 25.9. The van der Waals surface area contributed by atoms with Crippen LogP contribution in [-0.4, -0.2) is 34.8 Å². The molecule has 0 heterocycles. The molecule has 0 radical (unpaired) electrons. The monoisotopic (exact) mass is 520 g/mol. The Hall–Kier alpha value is -2.11. The third-order valence-electron chi connectivity index (χ3n) is 6.03. The summed E-state index contributed by atoms with van der Waals surface area (Å²) in [5.41, 5.74) is -4.55. The topological polar surface area (TPSA) is 78.9 Å². The molecule has 2 aromatic rings. The van der Waals surface area contributed by atoms with Crippen LogP contribution in [0.25, 0.3) is 10.8 Å². The lowest BCUT2D eigenvalue weighted by molar-refractivity contribution is -0.152. The number of rotatable bonds is 10. The van der Waals surface area contributed by atoms with Crippen LogP contribution in [0, 0.1) is 13.8 Å². The second kappa shape index (κ2) is 10.7. The van der Waals surface area contributed by atoms with Gasteiger partial charge in [0.05, 0.1) is 6.61 Å². The molecule has 0 spiro atoms. The third-order valence-corrected chi connectivity index (χ3v) is 11.6. The van der Waals surface area contributed by atoms with Gasteiger partial charge in [0.15, 0.2) is 20.2 Å². The molecule has 0 saturated heterocycles. The summed E-state index contributed by atoms with van der Waals surface area (Å²) in [6, 6.07) is 8.42. The van der Waals surface area contributed by atoms with Crippen LogP contribution in [0.15, 0.2) is 24.3 Å². The fourth-order valence-electron chi connectivity index (χ4n) is 3.91. The average molecular weight is 521 g/mol. The van der Waals surface area contributed by atoms with Gasteiger partial charge in [0.2, 0.25) is 0 Å². The molecule has 2 aromatic carbocycles. The van der Waals surface area contributed by atoms with Crippen LogP contribution in [0.2, 0.25) is 18.1 Å². The van der Waals surface area contributed by atoms with Gasteiger partial charge in [-0.25, -0.2) is 4.79 Å². The van der Waals surface area contributed by atoms with Gasteiger partial charge in [0.25, 0.3) is 0 Å². The van der Waals surface area contributed by atoms with E-state index in [2.05, 4.69) is 0 Å². The minimum atomic E-state index is -6.02. The van der Waals surface area contributed by atoms with Gasteiger partial charge in [-0.05, 0) is 49.9 Å². The maximum atomic E-state index is 13.3. The second-order valence-corrected chi connectivity index (χ2v) is 14.4. The molecule has 0 aliphatic heterocycles. The first-order valence-corrected chi connectivity index (χ1v) is 15.1. The Morgan fingerprint density at radius 3 is 2.12 bits per heavy atom. The van der Waals surface area contributed by atoms with Crippen molar-refractivity contribution in [2.24, 2.45) is 0 Å². The van der Waals surface area contributed by atoms with E-state index in [1.54, 1.807) is 39.0 Å². The summed E-state index contributed by atoms with van der Waals surface area (Å²) in [4.78, 5) is 13.1. The van der Waals surface area contributed by atoms with Gasteiger partial charge < -0.3 is 13.3 Å². The number of esters is 1. The molecule has 0 fully saturated rings. The number of carbonyl (C=O) groups excluding carboxylic acids is 1. The van der Waals surface area contributed by atoms with Gasteiger partial charge >= 0.3 is 21.6 Å². The smallest absolute Gasteiger partial charge is 0.464 e. The maximum Gasteiger partial charge on any atom is 0.534 e. The highest BCUT2D eigenvalue weighted by molar-refractivity contribution is 7.88. The van der Waals surface area contributed by atoms with E-state index in [0.29, 0.717) is 29.1 Å². The third kappa shape index (κ3) is 5.74. The number of hydrogen-bond acceptors (Lipinski definition) is 6. The van der Waals surface area contributed by atoms with E-state index in [0.717, 1.165) is 5.56 Å². The molecule has 6 nitrogen and oxygen atoms in total. The van der Waals surface area contributed by atoms with E-state index in [4.69, 9.17) is 13.3 Å². The highest BCUT2D eigenvalue weighted by atomic mass is 32.2. The first-order valence-electron chi connectivity index (χ1n) is 11.1. The van der Waals surface area contributed by atoms with Crippen molar-refractivity contribution in [2.45, 2.75) is 71.3 Å². The first-order chi connectivity index (χ1) is 15.8. The van der Waals surface area contributed by atoms with Crippen LogP contribution in [0.3, 0.4) is 0 Å². The molecule has 1 unspecified atom stereocenters. The summed E-state index contributed by atoms with van der Waals surface area (Å²) in [6.07, 6.45) is -1.43. The maximum absolute atomic E-state index is 13.3. The van der Waals surface area contributed by atoms with Crippen LogP contribution in [0.1, 0.15) is 50.5 Å². The minimum absolute atomic E-state index is 0.0144. The van der Waals surface area contributed by atoms with Crippen LogP contribution < -0.4 is 4.18 Å². The number of alkyl halides is 3. The lowest BCUT2D eigenvalue weighted by Crippen LogP contribution is -2.40. The van der Waals surface area contributed by atoms with Gasteiger partial charge in [-0.2, -0.15) is 21.6 Å². The summed E-state index contributed by atoms with van der Waals surface area (Å²) in [7, 11) is -8.52. The molecule has 0 amide bonds. The van der Waals surface area contributed by atoms with Crippen molar-refractivity contribution < 1.29 is 39.7 Å². The minimum Gasteiger partial charge on any atom is -0.464 e. The molecule has 2 rings (SSSR count). The Kier molecular flexibility index (Phi) is 8.81. The average Bonchev–Trinajstić information content (AvgIpc) is 2.75. The number of aryl methyl sites for hydroxylation is 2. The van der Waals surface area contributed by atoms with E-state index in [1.807, 2.05) is 20.8 Å². The van der Waals surface area contributed by atoms with E-state index in [1.165, 1.54) is 6.07 Å². The zero-order valence-electron chi connectivity index (χ0n) is 20.2. The van der Waals surface area contributed by atoms with Crippen LogP contribution in [0.4, 0.5) is 13.2 Å². The van der Waals surface area contributed by atoms with E-state index in [-0.39, 0.29) is 17.6 Å². The summed E-state index contributed by atoms with van der Waals surface area (Å²) < 4.78 is 80.4. The van der Waals surface area contributed by atoms with E-state index < -0.39 is 41.8 Å². The van der Waals surface area contributed by atoms with Gasteiger partial charge in [-0.1, -0.05) is 50.6 Å². The number of fused-ring (bicyclic) bond motifs is 1. The molecule has 0 N–H and O–H groups in total. The van der Waals surface area contributed by atoms with E-state index in [9.17, 15) is 26.4 Å². The zero-order valence-corrected chi connectivity index (χ0v) is 22.0. The standard InChI is InChI=1S/C23H31F3O6SSi/c1-7-30-22(27)21(32-34(8-2,9-3)10-4)19-16(6)14-17-13-15(5)11-12-18(17)20(19)31-33(28,29)23(24,25)26/h11-14,21H,7-10H2,1-6H3. The lowest BCUT2D eigenvalue weighted by atomic mass is 9.95. The van der Waals surface area contributed by atoms with Gasteiger partial charge in [-0.15, -0.1) is 0 Å². The number of carbonyl (C=O) groups is 1. The fourth-order valence-corrected chi connectivity index (χ4v) is 7.12. The molecule has 0 aromatic heterocycles. The number of ether oxygens (including phenoxy) is 1. The van der Waals surface area contributed by atoms with Crippen molar-refractivity contribution in [1.82, 2.24) is 0 Å². The highest BCUT2D eigenvalue weighted by Gasteiger charge is 2.50. The molecule has 0 saturated carbocycles. The second-order valence-electron chi connectivity index (χ2n) is 8.14. The Morgan fingerprint density at radius 2 is 1.62 bits per heavy atom. The lowest BCUT2D eigenvalue weighted by Gasteiger charge is -2.33. The van der Waals surface area contributed by atoms with Crippen molar-refractivity contribution in [1.29, 1.82) is 0 Å². The molecule has 0 aliphatic carbocycles. The Labute approximate surface area is 199 Å². The van der Waals surface area contributed by atoms with E-state index >= 15 is 0 Å². The Balaban J connectivity index is 2.91. The van der Waals surface area contributed by atoms with Crippen LogP contribution in [0.5, 0.6) is 5.75 Å². The van der Waals surface area contributed by atoms with Crippen molar-refractivity contribution >= 4 is 35.2 Å². The number of hydrogen-bond donors (Lipinski definition) is 0. The first kappa shape index (κ1) is 28.1. The number of halogens is 3. The van der Waals surface area contributed by atoms with Crippen molar-refractivity contribution in [3.63, 3.8) is 0 Å². The summed E-state index contributed by atoms with van der Waals surface area (Å²) in [5, 5.41) is 0.593. The largest absolute Gasteiger partial charge is 0.534 e. The molecule has 0 aliphatic rings. The van der Waals surface area contributed by atoms with Crippen molar-refractivity contribution in [3.05, 3.63) is 41.0 Å². The fraction of sp³-hybridized carbons (Fsp3) is 0.522. The van der Waals surface area contributed by atoms with Crippen LogP contribution >= 0.6 is 0 Å². The quantitative estimate of drug-likeness (QED) is 0.158. The molecule has 190 valence electrons. The predicted molar refractivity (Wildman–Crippen MR) is 127 cm³/mol. The predicted octanol–water partition coefficient (Wildman–Crippen LogP) is 6.31.